The molecule has 1 aromatic heterocycles. The van der Waals surface area contributed by atoms with E-state index in [1.807, 2.05) is 12.1 Å². The van der Waals surface area contributed by atoms with E-state index in [-0.39, 0.29) is 4.92 Å². The van der Waals surface area contributed by atoms with Gasteiger partial charge in [0.2, 0.25) is 6.04 Å². The molecule has 0 bridgehead atoms. The van der Waals surface area contributed by atoms with Gasteiger partial charge in [-0.05, 0) is 42.7 Å². The lowest BCUT2D eigenvalue weighted by atomic mass is 9.52. The first-order chi connectivity index (χ1) is 16.4. The summed E-state index contributed by atoms with van der Waals surface area (Å²) in [4.78, 5) is 26.6. The minimum absolute atomic E-state index is 0.333. The molecule has 1 amide bonds. The van der Waals surface area contributed by atoms with E-state index in [0.29, 0.717) is 22.7 Å². The average Bonchev–Trinajstić information content (AvgIpc) is 3.46. The number of amides is 1. The molecule has 1 aliphatic heterocycles. The predicted octanol–water partition coefficient (Wildman–Crippen LogP) is 4.21. The Morgan fingerprint density at radius 3 is 2.29 bits per heavy atom. The van der Waals surface area contributed by atoms with Gasteiger partial charge in [-0.3, -0.25) is 14.9 Å². The maximum absolute atomic E-state index is 14.2. The van der Waals surface area contributed by atoms with Gasteiger partial charge in [-0.25, -0.2) is 0 Å². The third kappa shape index (κ3) is 3.02. The Bertz CT molecular complexity index is 1230. The van der Waals surface area contributed by atoms with Gasteiger partial charge >= 0.3 is 0 Å². The van der Waals surface area contributed by atoms with Gasteiger partial charge in [0.15, 0.2) is 0 Å². The van der Waals surface area contributed by atoms with Crippen LogP contribution in [0, 0.1) is 21.4 Å². The van der Waals surface area contributed by atoms with E-state index < -0.39 is 41.2 Å². The SMILES string of the molecule is CC1=NN(c2ccccc2)C(=O)[C@@]12[C@H](c1ccccc1)[C@@H]([N+](=O)[O-])[C@H](c1ccco1)[C@@H](C)[C@@H]2O. The van der Waals surface area contributed by atoms with Crippen LogP contribution in [0.25, 0.3) is 0 Å². The zero-order chi connectivity index (χ0) is 24.0. The Kier molecular flexibility index (Phi) is 5.32. The number of aliphatic hydroxyl groups excluding tert-OH is 1. The second-order valence-electron chi connectivity index (χ2n) is 9.02. The van der Waals surface area contributed by atoms with Gasteiger partial charge in [0.1, 0.15) is 11.2 Å². The lowest BCUT2D eigenvalue weighted by Gasteiger charge is -2.50. The van der Waals surface area contributed by atoms with Gasteiger partial charge in [0, 0.05) is 4.92 Å². The number of hydrogen-bond acceptors (Lipinski definition) is 6. The zero-order valence-corrected chi connectivity index (χ0v) is 18.8. The molecule has 174 valence electrons. The minimum atomic E-state index is -1.60. The van der Waals surface area contributed by atoms with Crippen LogP contribution in [0.3, 0.4) is 0 Å². The van der Waals surface area contributed by atoms with Gasteiger partial charge < -0.3 is 9.52 Å². The molecule has 3 aromatic rings. The number of aliphatic hydroxyl groups is 1. The molecule has 2 aliphatic rings. The molecule has 0 radical (unpaired) electrons. The van der Waals surface area contributed by atoms with Crippen molar-refractivity contribution in [1.82, 2.24) is 0 Å². The molecule has 2 aromatic carbocycles. The second kappa shape index (κ2) is 8.22. The summed E-state index contributed by atoms with van der Waals surface area (Å²) < 4.78 is 5.61. The molecular weight excluding hydrogens is 434 g/mol. The highest BCUT2D eigenvalue weighted by molar-refractivity contribution is 6.20. The first kappa shape index (κ1) is 22.0. The Labute approximate surface area is 196 Å². The summed E-state index contributed by atoms with van der Waals surface area (Å²) in [5.41, 5.74) is -0.0951. The molecule has 6 atom stereocenters. The molecule has 34 heavy (non-hydrogen) atoms. The predicted molar refractivity (Wildman–Crippen MR) is 126 cm³/mol. The standard InChI is InChI=1S/C26H25N3O5/c1-16-21(20-14-9-15-34-20)23(29(32)33)22(18-10-5-3-6-11-18)26(24(16)30)17(2)27-28(25(26)31)19-12-7-4-8-13-19/h3-16,21-24,30H,1-2H3/t16-,21+,22-,23+,24+,26-/m1/s1. The highest BCUT2D eigenvalue weighted by Crippen LogP contribution is 2.58. The van der Waals surface area contributed by atoms with Crippen LogP contribution >= 0.6 is 0 Å². The van der Waals surface area contributed by atoms with E-state index >= 15 is 0 Å². The van der Waals surface area contributed by atoms with E-state index in [9.17, 15) is 20.0 Å². The lowest BCUT2D eigenvalue weighted by Crippen LogP contribution is -2.64. The van der Waals surface area contributed by atoms with E-state index in [4.69, 9.17) is 4.42 Å². The fourth-order valence-corrected chi connectivity index (χ4v) is 5.92. The van der Waals surface area contributed by atoms with Crippen molar-refractivity contribution in [3.8, 4) is 0 Å². The number of nitrogens with zero attached hydrogens (tertiary/aromatic N) is 3. The first-order valence-corrected chi connectivity index (χ1v) is 11.2. The first-order valence-electron chi connectivity index (χ1n) is 11.2. The fourth-order valence-electron chi connectivity index (χ4n) is 5.92. The van der Waals surface area contributed by atoms with E-state index in [0.717, 1.165) is 0 Å². The van der Waals surface area contributed by atoms with E-state index in [1.165, 1.54) is 11.3 Å². The molecule has 1 fully saturated rings. The van der Waals surface area contributed by atoms with Crippen LogP contribution in [-0.4, -0.2) is 33.8 Å². The molecular formula is C26H25N3O5. The van der Waals surface area contributed by atoms with Crippen LogP contribution in [0.1, 0.15) is 37.0 Å². The second-order valence-corrected chi connectivity index (χ2v) is 9.02. The number of hydrogen-bond donors (Lipinski definition) is 1. The molecule has 1 N–H and O–H groups in total. The van der Waals surface area contributed by atoms with Crippen LogP contribution < -0.4 is 5.01 Å². The van der Waals surface area contributed by atoms with Gasteiger partial charge in [0.05, 0.1) is 35.6 Å². The topological polar surface area (TPSA) is 109 Å². The van der Waals surface area contributed by atoms with Crippen LogP contribution in [0.5, 0.6) is 0 Å². The number of hydrazone groups is 1. The number of furan rings is 1. The molecule has 8 nitrogen and oxygen atoms in total. The Morgan fingerprint density at radius 2 is 1.71 bits per heavy atom. The number of nitro groups is 1. The third-order valence-electron chi connectivity index (χ3n) is 7.40. The smallest absolute Gasteiger partial charge is 0.262 e. The molecule has 0 saturated heterocycles. The summed E-state index contributed by atoms with van der Waals surface area (Å²) in [6, 6.07) is 20.0. The number of carbonyl (C=O) groups is 1. The number of benzene rings is 2. The quantitative estimate of drug-likeness (QED) is 0.464. The van der Waals surface area contributed by atoms with Crippen molar-refractivity contribution >= 4 is 17.3 Å². The summed E-state index contributed by atoms with van der Waals surface area (Å²) in [7, 11) is 0. The zero-order valence-electron chi connectivity index (χ0n) is 18.8. The molecule has 5 rings (SSSR count). The number of para-hydroxylation sites is 1. The van der Waals surface area contributed by atoms with Crippen molar-refractivity contribution in [1.29, 1.82) is 0 Å². The minimum Gasteiger partial charge on any atom is -0.469 e. The van der Waals surface area contributed by atoms with E-state index in [2.05, 4.69) is 5.10 Å². The lowest BCUT2D eigenvalue weighted by molar-refractivity contribution is -0.540. The number of rotatable bonds is 4. The summed E-state index contributed by atoms with van der Waals surface area (Å²) in [5.74, 6) is -2.39. The maximum Gasteiger partial charge on any atom is 0.262 e. The average molecular weight is 460 g/mol. The van der Waals surface area contributed by atoms with Crippen molar-refractivity contribution in [3.05, 3.63) is 100 Å². The van der Waals surface area contributed by atoms with Crippen LogP contribution in [0.15, 0.2) is 88.6 Å². The van der Waals surface area contributed by atoms with Crippen molar-refractivity contribution in [2.75, 3.05) is 5.01 Å². The van der Waals surface area contributed by atoms with Crippen LogP contribution in [0.4, 0.5) is 5.69 Å². The molecule has 1 saturated carbocycles. The molecule has 8 heteroatoms. The van der Waals surface area contributed by atoms with Gasteiger partial charge in [-0.15, -0.1) is 0 Å². The molecule has 0 unspecified atom stereocenters. The Morgan fingerprint density at radius 1 is 1.06 bits per heavy atom. The van der Waals surface area contributed by atoms with E-state index in [1.54, 1.807) is 74.5 Å². The number of carbonyl (C=O) groups excluding carboxylic acids is 1. The van der Waals surface area contributed by atoms with Crippen molar-refractivity contribution in [2.24, 2.45) is 16.4 Å². The molecule has 1 spiro atoms. The third-order valence-corrected chi connectivity index (χ3v) is 7.40. The monoisotopic (exact) mass is 459 g/mol. The Hall–Kier alpha value is -3.78. The highest BCUT2D eigenvalue weighted by Gasteiger charge is 2.71. The van der Waals surface area contributed by atoms with Gasteiger partial charge in [0.25, 0.3) is 5.91 Å². The highest BCUT2D eigenvalue weighted by atomic mass is 16.6. The van der Waals surface area contributed by atoms with Crippen molar-refractivity contribution in [3.63, 3.8) is 0 Å². The fraction of sp³-hybridized carbons (Fsp3) is 0.308. The van der Waals surface area contributed by atoms with Crippen LogP contribution in [-0.2, 0) is 4.79 Å². The van der Waals surface area contributed by atoms with Gasteiger partial charge in [-0.1, -0.05) is 55.5 Å². The summed E-state index contributed by atoms with van der Waals surface area (Å²) >= 11 is 0. The Balaban J connectivity index is 1.75. The maximum atomic E-state index is 14.2. The summed E-state index contributed by atoms with van der Waals surface area (Å²) in [5, 5.41) is 30.4. The summed E-state index contributed by atoms with van der Waals surface area (Å²) in [6.45, 7) is 3.42. The molecule has 1 aliphatic carbocycles. The normalized spacial score (nSPS) is 31.0. The van der Waals surface area contributed by atoms with Crippen molar-refractivity contribution in [2.45, 2.75) is 37.8 Å². The van der Waals surface area contributed by atoms with Crippen LogP contribution in [0.2, 0.25) is 0 Å². The largest absolute Gasteiger partial charge is 0.469 e. The van der Waals surface area contributed by atoms with Gasteiger partial charge in [-0.2, -0.15) is 10.1 Å². The number of anilines is 1. The summed E-state index contributed by atoms with van der Waals surface area (Å²) in [6.07, 6.45) is 0.242. The molecule has 2 heterocycles. The van der Waals surface area contributed by atoms with Crippen molar-refractivity contribution < 1.29 is 19.2 Å².